The molecule has 0 saturated heterocycles. The molecule has 0 spiro atoms. The van der Waals surface area contributed by atoms with Gasteiger partial charge in [0.2, 0.25) is 5.91 Å². The van der Waals surface area contributed by atoms with Gasteiger partial charge in [-0.15, -0.1) is 0 Å². The number of anilines is 2. The van der Waals surface area contributed by atoms with Crippen LogP contribution in [0.3, 0.4) is 0 Å². The fraction of sp³-hybridized carbons (Fsp3) is 0.350. The second-order valence-electron chi connectivity index (χ2n) is 7.31. The molecule has 2 aliphatic heterocycles. The number of carbonyl (C=O) groups is 1. The monoisotopic (exact) mass is 406 g/mol. The van der Waals surface area contributed by atoms with Crippen LogP contribution in [0.25, 0.3) is 0 Å². The average molecular weight is 406 g/mol. The molecule has 1 atom stereocenters. The summed E-state index contributed by atoms with van der Waals surface area (Å²) in [6.45, 7) is 3.51. The molecule has 148 valence electrons. The van der Waals surface area contributed by atoms with Crippen LogP contribution in [0.5, 0.6) is 0 Å². The molecule has 28 heavy (non-hydrogen) atoms. The first-order chi connectivity index (χ1) is 13.2. The lowest BCUT2D eigenvalue weighted by Crippen LogP contribution is -2.36. The minimum atomic E-state index is -4.02. The molecule has 0 saturated carbocycles. The second-order valence-corrected chi connectivity index (χ2v) is 9.17. The summed E-state index contributed by atoms with van der Waals surface area (Å²) in [5.74, 6) is -1.70. The van der Waals surface area contributed by atoms with Gasteiger partial charge in [0.1, 0.15) is 5.82 Å². The predicted molar refractivity (Wildman–Crippen MR) is 102 cm³/mol. The zero-order chi connectivity index (χ0) is 20.2. The lowest BCUT2D eigenvalue weighted by Gasteiger charge is -2.31. The maximum absolute atomic E-state index is 14.4. The Morgan fingerprint density at radius 2 is 1.89 bits per heavy atom. The Morgan fingerprint density at radius 3 is 2.61 bits per heavy atom. The molecular weight excluding hydrogens is 386 g/mol. The van der Waals surface area contributed by atoms with E-state index in [1.54, 1.807) is 17.0 Å². The van der Waals surface area contributed by atoms with E-state index in [4.69, 9.17) is 0 Å². The highest BCUT2D eigenvalue weighted by Gasteiger charge is 2.34. The Morgan fingerprint density at radius 1 is 1.14 bits per heavy atom. The van der Waals surface area contributed by atoms with E-state index >= 15 is 0 Å². The van der Waals surface area contributed by atoms with Crippen molar-refractivity contribution in [2.24, 2.45) is 0 Å². The van der Waals surface area contributed by atoms with Crippen molar-refractivity contribution < 1.29 is 22.0 Å². The number of hydrogen-bond donors (Lipinski definition) is 0. The molecule has 5 nitrogen and oxygen atoms in total. The third-order valence-corrected chi connectivity index (χ3v) is 7.15. The summed E-state index contributed by atoms with van der Waals surface area (Å²) in [5.41, 5.74) is 1.74. The summed E-state index contributed by atoms with van der Waals surface area (Å²) >= 11 is 0. The maximum atomic E-state index is 14.4. The van der Waals surface area contributed by atoms with E-state index in [0.29, 0.717) is 36.6 Å². The van der Waals surface area contributed by atoms with E-state index in [9.17, 15) is 22.0 Å². The van der Waals surface area contributed by atoms with Crippen LogP contribution in [0.15, 0.2) is 35.2 Å². The Hall–Kier alpha value is -2.48. The van der Waals surface area contributed by atoms with E-state index in [1.165, 1.54) is 19.1 Å². The van der Waals surface area contributed by atoms with Gasteiger partial charge in [-0.25, -0.2) is 17.2 Å². The minimum Gasteiger partial charge on any atom is -0.309 e. The SMILES string of the molecule is CC(=O)N1c2ccc(S(=O)(=O)N3CCCc4cc(F)cc(F)c43)cc2CC1C. The van der Waals surface area contributed by atoms with Crippen molar-refractivity contribution in [2.45, 2.75) is 44.0 Å². The first-order valence-corrected chi connectivity index (χ1v) is 10.6. The third kappa shape index (κ3) is 2.87. The Balaban J connectivity index is 1.78. The zero-order valence-electron chi connectivity index (χ0n) is 15.6. The first kappa shape index (κ1) is 18.9. The Labute approximate surface area is 162 Å². The van der Waals surface area contributed by atoms with Crippen LogP contribution >= 0.6 is 0 Å². The molecule has 4 rings (SSSR count). The highest BCUT2D eigenvalue weighted by molar-refractivity contribution is 7.92. The number of aryl methyl sites for hydroxylation is 1. The van der Waals surface area contributed by atoms with Gasteiger partial charge in [0.15, 0.2) is 5.82 Å². The molecule has 1 unspecified atom stereocenters. The van der Waals surface area contributed by atoms with Crippen LogP contribution in [0, 0.1) is 11.6 Å². The van der Waals surface area contributed by atoms with E-state index in [2.05, 4.69) is 0 Å². The van der Waals surface area contributed by atoms with Gasteiger partial charge in [0, 0.05) is 31.3 Å². The van der Waals surface area contributed by atoms with Gasteiger partial charge >= 0.3 is 0 Å². The van der Waals surface area contributed by atoms with Crippen molar-refractivity contribution in [3.63, 3.8) is 0 Å². The summed E-state index contributed by atoms with van der Waals surface area (Å²) in [5, 5.41) is 0. The van der Waals surface area contributed by atoms with Crippen molar-refractivity contribution >= 4 is 27.3 Å². The van der Waals surface area contributed by atoms with Gasteiger partial charge in [-0.05, 0) is 61.6 Å². The lowest BCUT2D eigenvalue weighted by molar-refractivity contribution is -0.116. The zero-order valence-corrected chi connectivity index (χ0v) is 16.4. The number of nitrogens with zero attached hydrogens (tertiary/aromatic N) is 2. The van der Waals surface area contributed by atoms with Crippen molar-refractivity contribution in [3.05, 3.63) is 53.1 Å². The molecule has 1 amide bonds. The van der Waals surface area contributed by atoms with Crippen molar-refractivity contribution in [1.29, 1.82) is 0 Å². The van der Waals surface area contributed by atoms with Crippen molar-refractivity contribution in [3.8, 4) is 0 Å². The molecule has 0 radical (unpaired) electrons. The smallest absolute Gasteiger partial charge is 0.264 e. The van der Waals surface area contributed by atoms with Gasteiger partial charge in [0.05, 0.1) is 10.6 Å². The van der Waals surface area contributed by atoms with Crippen LogP contribution in [0.2, 0.25) is 0 Å². The number of benzene rings is 2. The topological polar surface area (TPSA) is 57.7 Å². The van der Waals surface area contributed by atoms with Gasteiger partial charge in [0.25, 0.3) is 10.0 Å². The fourth-order valence-electron chi connectivity index (χ4n) is 4.23. The van der Waals surface area contributed by atoms with Gasteiger partial charge < -0.3 is 4.90 Å². The molecule has 0 fully saturated rings. The molecule has 0 aliphatic carbocycles. The predicted octanol–water partition coefficient (Wildman–Crippen LogP) is 3.40. The van der Waals surface area contributed by atoms with Crippen molar-refractivity contribution in [2.75, 3.05) is 15.7 Å². The summed E-state index contributed by atoms with van der Waals surface area (Å²) < 4.78 is 55.6. The molecule has 2 heterocycles. The molecule has 0 bridgehead atoms. The number of carbonyl (C=O) groups excluding carboxylic acids is 1. The largest absolute Gasteiger partial charge is 0.309 e. The summed E-state index contributed by atoms with van der Waals surface area (Å²) in [7, 11) is -4.02. The molecule has 0 aromatic heterocycles. The maximum Gasteiger partial charge on any atom is 0.264 e. The molecular formula is C20H20F2N2O3S. The fourth-order valence-corrected chi connectivity index (χ4v) is 5.83. The van der Waals surface area contributed by atoms with E-state index < -0.39 is 21.7 Å². The third-order valence-electron chi connectivity index (χ3n) is 5.36. The van der Waals surface area contributed by atoms with Gasteiger partial charge in [-0.2, -0.15) is 0 Å². The summed E-state index contributed by atoms with van der Waals surface area (Å²) in [4.78, 5) is 13.6. The van der Waals surface area contributed by atoms with E-state index in [0.717, 1.165) is 9.87 Å². The summed E-state index contributed by atoms with van der Waals surface area (Å²) in [6, 6.07) is 6.47. The van der Waals surface area contributed by atoms with Gasteiger partial charge in [-0.3, -0.25) is 9.10 Å². The minimum absolute atomic E-state index is 0.0421. The lowest BCUT2D eigenvalue weighted by atomic mass is 10.0. The number of hydrogen-bond acceptors (Lipinski definition) is 3. The average Bonchev–Trinajstić information content (AvgIpc) is 2.95. The van der Waals surface area contributed by atoms with Crippen LogP contribution in [-0.2, 0) is 27.7 Å². The standard InChI is InChI=1S/C20H20F2N2O3S/c1-12-8-15-10-17(5-6-19(15)24(12)13(2)25)28(26,27)23-7-3-4-14-9-16(21)11-18(22)20(14)23/h5-6,9-12H,3-4,7-8H2,1-2H3. The molecule has 8 heteroatoms. The number of sulfonamides is 1. The molecule has 0 N–H and O–H groups in total. The van der Waals surface area contributed by atoms with Crippen LogP contribution < -0.4 is 9.21 Å². The second kappa shape index (κ2) is 6.55. The van der Waals surface area contributed by atoms with E-state index in [1.807, 2.05) is 6.92 Å². The molecule has 2 aromatic carbocycles. The van der Waals surface area contributed by atoms with Crippen LogP contribution in [0.4, 0.5) is 20.2 Å². The summed E-state index contributed by atoms with van der Waals surface area (Å²) in [6.07, 6.45) is 1.45. The van der Waals surface area contributed by atoms with Gasteiger partial charge in [-0.1, -0.05) is 0 Å². The number of amides is 1. The number of rotatable bonds is 2. The van der Waals surface area contributed by atoms with Crippen LogP contribution in [0.1, 0.15) is 31.4 Å². The number of fused-ring (bicyclic) bond motifs is 2. The Bertz CT molecular complexity index is 1090. The first-order valence-electron chi connectivity index (χ1n) is 9.13. The van der Waals surface area contributed by atoms with Crippen molar-refractivity contribution in [1.82, 2.24) is 0 Å². The highest BCUT2D eigenvalue weighted by Crippen LogP contribution is 2.38. The molecule has 2 aliphatic rings. The normalized spacial score (nSPS) is 18.8. The highest BCUT2D eigenvalue weighted by atomic mass is 32.2. The van der Waals surface area contributed by atoms with E-state index in [-0.39, 0.29) is 29.1 Å². The van der Waals surface area contributed by atoms with Crippen LogP contribution in [-0.4, -0.2) is 26.9 Å². The quantitative estimate of drug-likeness (QED) is 0.768. The molecule has 2 aromatic rings. The Kier molecular flexibility index (Phi) is 4.41. The number of halogens is 2.